The fourth-order valence-electron chi connectivity index (χ4n) is 3.13. The van der Waals surface area contributed by atoms with Crippen LogP contribution in [-0.4, -0.2) is 79.6 Å². The molecule has 2 fully saturated rings. The second-order valence-electron chi connectivity index (χ2n) is 6.24. The number of amides is 2. The molecule has 0 saturated carbocycles. The van der Waals surface area contributed by atoms with Gasteiger partial charge in [0.2, 0.25) is 17.7 Å². The Morgan fingerprint density at radius 3 is 2.96 bits per heavy atom. The van der Waals surface area contributed by atoms with E-state index in [1.165, 1.54) is 7.11 Å². The molecule has 0 aromatic carbocycles. The van der Waals surface area contributed by atoms with E-state index in [1.807, 2.05) is 0 Å². The first kappa shape index (κ1) is 17.6. The van der Waals surface area contributed by atoms with Crippen LogP contribution in [0.5, 0.6) is 5.88 Å². The van der Waals surface area contributed by atoms with Gasteiger partial charge in [0.25, 0.3) is 0 Å². The molecule has 3 heterocycles. The zero-order valence-electron chi connectivity index (χ0n) is 14.4. The molecule has 0 spiro atoms. The third-order valence-corrected chi connectivity index (χ3v) is 4.60. The third kappa shape index (κ3) is 4.46. The second-order valence-corrected chi connectivity index (χ2v) is 6.24. The van der Waals surface area contributed by atoms with E-state index in [4.69, 9.17) is 9.47 Å². The first-order chi connectivity index (χ1) is 12.2. The molecule has 1 aromatic heterocycles. The van der Waals surface area contributed by atoms with Crippen molar-refractivity contribution >= 4 is 17.5 Å². The molecule has 8 nitrogen and oxygen atoms in total. The fourth-order valence-corrected chi connectivity index (χ4v) is 3.13. The number of carbonyl (C=O) groups is 2. The van der Waals surface area contributed by atoms with Gasteiger partial charge < -0.3 is 19.7 Å². The highest BCUT2D eigenvalue weighted by Crippen LogP contribution is 2.24. The number of pyridine rings is 1. The highest BCUT2D eigenvalue weighted by Gasteiger charge is 2.34. The highest BCUT2D eigenvalue weighted by atomic mass is 16.5. The van der Waals surface area contributed by atoms with Gasteiger partial charge in [-0.1, -0.05) is 0 Å². The van der Waals surface area contributed by atoms with Gasteiger partial charge in [-0.05, 0) is 12.1 Å². The van der Waals surface area contributed by atoms with Crippen molar-refractivity contribution in [1.29, 1.82) is 0 Å². The number of anilines is 1. The SMILES string of the molecule is COc1ncccc1NC(=O)[C@@H]1CC(=O)N(CCN2CCOCC2)C1. The molecule has 2 aliphatic heterocycles. The average Bonchev–Trinajstić information content (AvgIpc) is 3.02. The predicted octanol–water partition coefficient (Wildman–Crippen LogP) is 0.209. The minimum Gasteiger partial charge on any atom is -0.480 e. The van der Waals surface area contributed by atoms with Gasteiger partial charge in [0.1, 0.15) is 5.69 Å². The number of nitrogens with zero attached hydrogens (tertiary/aromatic N) is 3. The summed E-state index contributed by atoms with van der Waals surface area (Å²) in [4.78, 5) is 32.8. The van der Waals surface area contributed by atoms with Crippen molar-refractivity contribution in [2.24, 2.45) is 5.92 Å². The van der Waals surface area contributed by atoms with E-state index in [2.05, 4.69) is 15.2 Å². The summed E-state index contributed by atoms with van der Waals surface area (Å²) < 4.78 is 10.5. The van der Waals surface area contributed by atoms with Gasteiger partial charge >= 0.3 is 0 Å². The fraction of sp³-hybridized carbons (Fsp3) is 0.588. The molecule has 0 unspecified atom stereocenters. The smallest absolute Gasteiger partial charge is 0.237 e. The minimum absolute atomic E-state index is 0.0339. The second kappa shape index (κ2) is 8.26. The molecule has 3 rings (SSSR count). The number of rotatable bonds is 6. The minimum atomic E-state index is -0.345. The zero-order chi connectivity index (χ0) is 17.6. The topological polar surface area (TPSA) is 84.0 Å². The summed E-state index contributed by atoms with van der Waals surface area (Å²) >= 11 is 0. The Hall–Kier alpha value is -2.19. The quantitative estimate of drug-likeness (QED) is 0.791. The van der Waals surface area contributed by atoms with Crippen molar-refractivity contribution in [3.8, 4) is 5.88 Å². The van der Waals surface area contributed by atoms with E-state index in [1.54, 1.807) is 23.2 Å². The van der Waals surface area contributed by atoms with E-state index in [0.717, 1.165) is 32.8 Å². The third-order valence-electron chi connectivity index (χ3n) is 4.60. The monoisotopic (exact) mass is 348 g/mol. The van der Waals surface area contributed by atoms with Crippen LogP contribution in [0.25, 0.3) is 0 Å². The normalized spacial score (nSPS) is 21.4. The van der Waals surface area contributed by atoms with Crippen molar-refractivity contribution in [3.63, 3.8) is 0 Å². The Kier molecular flexibility index (Phi) is 5.83. The number of aromatic nitrogens is 1. The van der Waals surface area contributed by atoms with E-state index in [9.17, 15) is 9.59 Å². The summed E-state index contributed by atoms with van der Waals surface area (Å²) in [6, 6.07) is 3.46. The van der Waals surface area contributed by atoms with Gasteiger partial charge in [0, 0.05) is 45.3 Å². The van der Waals surface area contributed by atoms with Crippen LogP contribution in [0, 0.1) is 5.92 Å². The molecule has 2 aliphatic rings. The van der Waals surface area contributed by atoms with Gasteiger partial charge in [-0.2, -0.15) is 0 Å². The van der Waals surface area contributed by atoms with Gasteiger partial charge in [-0.15, -0.1) is 0 Å². The molecule has 2 saturated heterocycles. The molecule has 8 heteroatoms. The number of nitrogens with one attached hydrogen (secondary N) is 1. The molecule has 25 heavy (non-hydrogen) atoms. The maximum atomic E-state index is 12.5. The van der Waals surface area contributed by atoms with E-state index < -0.39 is 0 Å². The first-order valence-electron chi connectivity index (χ1n) is 8.55. The van der Waals surface area contributed by atoms with Crippen molar-refractivity contribution in [1.82, 2.24) is 14.8 Å². The van der Waals surface area contributed by atoms with Crippen molar-refractivity contribution in [2.45, 2.75) is 6.42 Å². The maximum absolute atomic E-state index is 12.5. The van der Waals surface area contributed by atoms with E-state index >= 15 is 0 Å². The highest BCUT2D eigenvalue weighted by molar-refractivity contribution is 5.97. The van der Waals surface area contributed by atoms with Gasteiger partial charge in [0.05, 0.1) is 26.2 Å². The van der Waals surface area contributed by atoms with Crippen molar-refractivity contribution < 1.29 is 19.1 Å². The Morgan fingerprint density at radius 2 is 2.20 bits per heavy atom. The van der Waals surface area contributed by atoms with E-state index in [0.29, 0.717) is 24.7 Å². The lowest BCUT2D eigenvalue weighted by Gasteiger charge is -2.28. The van der Waals surface area contributed by atoms with Gasteiger partial charge in [-0.3, -0.25) is 14.5 Å². The number of ether oxygens (including phenoxy) is 2. The van der Waals surface area contributed by atoms with Gasteiger partial charge in [0.15, 0.2) is 0 Å². The van der Waals surface area contributed by atoms with E-state index in [-0.39, 0.29) is 24.2 Å². The zero-order valence-corrected chi connectivity index (χ0v) is 14.4. The summed E-state index contributed by atoms with van der Waals surface area (Å²) in [5.41, 5.74) is 0.522. The number of hydrogen-bond acceptors (Lipinski definition) is 6. The van der Waals surface area contributed by atoms with Crippen molar-refractivity contribution in [3.05, 3.63) is 18.3 Å². The first-order valence-corrected chi connectivity index (χ1v) is 8.55. The molecule has 0 radical (unpaired) electrons. The van der Waals surface area contributed by atoms with Crippen molar-refractivity contribution in [2.75, 3.05) is 58.4 Å². The van der Waals surface area contributed by atoms with Crippen LogP contribution >= 0.6 is 0 Å². The van der Waals surface area contributed by atoms with Crippen LogP contribution in [0.1, 0.15) is 6.42 Å². The molecule has 136 valence electrons. The Labute approximate surface area is 147 Å². The number of morpholine rings is 1. The Balaban J connectivity index is 1.51. The Morgan fingerprint density at radius 1 is 1.40 bits per heavy atom. The molecule has 1 aromatic rings. The summed E-state index contributed by atoms with van der Waals surface area (Å²) in [5.74, 6) is -0.119. The van der Waals surface area contributed by atoms with Crippen LogP contribution in [0.3, 0.4) is 0 Å². The molecule has 0 bridgehead atoms. The lowest BCUT2D eigenvalue weighted by molar-refractivity contribution is -0.128. The van der Waals surface area contributed by atoms with Crippen LogP contribution in [0.2, 0.25) is 0 Å². The molecular weight excluding hydrogens is 324 g/mol. The van der Waals surface area contributed by atoms with Crippen LogP contribution in [0.15, 0.2) is 18.3 Å². The predicted molar refractivity (Wildman–Crippen MR) is 91.4 cm³/mol. The average molecular weight is 348 g/mol. The number of hydrogen-bond donors (Lipinski definition) is 1. The summed E-state index contributed by atoms with van der Waals surface area (Å²) in [6.07, 6.45) is 1.85. The number of carbonyl (C=O) groups excluding carboxylic acids is 2. The lowest BCUT2D eigenvalue weighted by Crippen LogP contribution is -2.42. The summed E-state index contributed by atoms with van der Waals surface area (Å²) in [7, 11) is 1.50. The summed E-state index contributed by atoms with van der Waals surface area (Å²) in [6.45, 7) is 5.20. The Bertz CT molecular complexity index is 618. The number of methoxy groups -OCH3 is 1. The largest absolute Gasteiger partial charge is 0.480 e. The standard InChI is InChI=1S/C17H24N4O4/c1-24-17-14(3-2-4-18-17)19-16(23)13-11-15(22)21(12-13)6-5-20-7-9-25-10-8-20/h2-4,13H,5-12H2,1H3,(H,19,23)/t13-/m1/s1. The lowest BCUT2D eigenvalue weighted by atomic mass is 10.1. The molecule has 1 N–H and O–H groups in total. The van der Waals surface area contributed by atoms with Crippen LogP contribution < -0.4 is 10.1 Å². The molecule has 0 aliphatic carbocycles. The maximum Gasteiger partial charge on any atom is 0.237 e. The van der Waals surface area contributed by atoms with Gasteiger partial charge in [-0.25, -0.2) is 4.98 Å². The molecule has 1 atom stereocenters. The molecule has 2 amide bonds. The van der Waals surface area contributed by atoms with Crippen LogP contribution in [-0.2, 0) is 14.3 Å². The molecular formula is C17H24N4O4. The summed E-state index contributed by atoms with van der Waals surface area (Å²) in [5, 5.41) is 2.82. The van der Waals surface area contributed by atoms with Crippen LogP contribution in [0.4, 0.5) is 5.69 Å². The number of likely N-dealkylation sites (tertiary alicyclic amines) is 1.